The van der Waals surface area contributed by atoms with Gasteiger partial charge >= 0.3 is 0 Å². The number of nitrogens with one attached hydrogen (secondary N) is 3. The summed E-state index contributed by atoms with van der Waals surface area (Å²) in [5, 5.41) is 19.5. The van der Waals surface area contributed by atoms with Crippen LogP contribution in [0.3, 0.4) is 0 Å². The van der Waals surface area contributed by atoms with E-state index in [9.17, 15) is 29.2 Å². The number of ketones is 2. The van der Waals surface area contributed by atoms with Crippen LogP contribution in [-0.2, 0) is 30.4 Å². The number of benzene rings is 1. The molecule has 13 heteroatoms. The van der Waals surface area contributed by atoms with Crippen LogP contribution in [0.4, 0.5) is 0 Å². The molecule has 3 aliphatic rings. The van der Waals surface area contributed by atoms with Crippen molar-refractivity contribution in [1.82, 2.24) is 20.9 Å². The van der Waals surface area contributed by atoms with E-state index in [0.29, 0.717) is 57.4 Å². The number of nitrogens with zero attached hydrogens (tertiary/aromatic N) is 2. The molecule has 3 amide bonds. The van der Waals surface area contributed by atoms with Crippen LogP contribution in [0.25, 0.3) is 0 Å². The number of nitriles is 1. The molecule has 1 heterocycles. The van der Waals surface area contributed by atoms with Crippen molar-refractivity contribution in [2.45, 2.75) is 146 Å². The third-order valence-electron chi connectivity index (χ3n) is 12.2. The highest BCUT2D eigenvalue weighted by Gasteiger charge is 2.54. The van der Waals surface area contributed by atoms with Crippen LogP contribution >= 0.6 is 0 Å². The monoisotopic (exact) mass is 763 g/mol. The molecule has 1 aromatic rings. The summed E-state index contributed by atoms with van der Waals surface area (Å²) in [7, 11) is 1.69. The van der Waals surface area contributed by atoms with Gasteiger partial charge in [0.05, 0.1) is 36.8 Å². The molecule has 9 N–H and O–H groups in total. The van der Waals surface area contributed by atoms with E-state index in [1.54, 1.807) is 7.05 Å². The lowest BCUT2D eigenvalue weighted by atomic mass is 9.72. The minimum atomic E-state index is -2.33. The number of likely N-dealkylation sites (tertiary alicyclic amines) is 1. The first kappa shape index (κ1) is 44.0. The number of Topliss-reactive ketones (excluding diaryl/α,β-unsaturated/α-hetero) is 2. The molecule has 1 saturated heterocycles. The Hall–Kier alpha value is -3.70. The number of carbonyl (C=O) groups is 5. The van der Waals surface area contributed by atoms with Crippen molar-refractivity contribution in [3.8, 4) is 6.07 Å². The maximum Gasteiger partial charge on any atom is 0.245 e. The molecular formula is C42H66N8O5. The van der Waals surface area contributed by atoms with Crippen molar-refractivity contribution in [2.24, 2.45) is 34.5 Å². The molecule has 0 bridgehead atoms. The maximum atomic E-state index is 14.8. The zero-order valence-corrected chi connectivity index (χ0v) is 32.9. The standard InChI is InChI=1S/C42H66N8O5/c1-47-35(26-31-18-9-4-10-19-31)40(54)49-34(20-11-12-22-43)41(55)50-23-13-21-36(50)38(52)42(27-44,37(51)32(45)24-29-14-5-2-6-15-29)28-48-39(53)33(46)25-30-16-7-3-8-17-30/h4,9-10,18-19,29-30,32-36,47H,2-3,5-8,11-17,20-26,28,43,45-46H2,1H3,(H,48,53)(H,49,54)/t32-,33+,34+,35+,36+,42?/m1/s1. The predicted octanol–water partition coefficient (Wildman–Crippen LogP) is 2.78. The van der Waals surface area contributed by atoms with E-state index in [4.69, 9.17) is 17.2 Å². The molecule has 0 spiro atoms. The fourth-order valence-electron chi connectivity index (χ4n) is 8.88. The molecule has 6 atom stereocenters. The second-order valence-electron chi connectivity index (χ2n) is 16.2. The number of rotatable bonds is 21. The SMILES string of the molecule is CN[C@@H](Cc1ccccc1)C(=O)N[C@@H](CCCCN)C(=O)N1CCC[C@H]1C(=O)C(C#N)(CNC(=O)[C@@H](N)CC1CCCCC1)C(=O)[C@H](N)CC1CCCCC1. The van der Waals surface area contributed by atoms with Gasteiger partial charge in [0, 0.05) is 6.54 Å². The van der Waals surface area contributed by atoms with E-state index in [0.717, 1.165) is 63.4 Å². The number of likely N-dealkylation sites (N-methyl/N-ethyl adjacent to an activating group) is 1. The first-order valence-electron chi connectivity index (χ1n) is 20.8. The van der Waals surface area contributed by atoms with Crippen molar-refractivity contribution in [3.63, 3.8) is 0 Å². The second-order valence-corrected chi connectivity index (χ2v) is 16.2. The molecular weight excluding hydrogens is 697 g/mol. The fraction of sp³-hybridized carbons (Fsp3) is 0.714. The zero-order valence-electron chi connectivity index (χ0n) is 32.9. The highest BCUT2D eigenvalue weighted by atomic mass is 16.2. The molecule has 4 rings (SSSR count). The number of carbonyl (C=O) groups excluding carboxylic acids is 5. The van der Waals surface area contributed by atoms with Crippen molar-refractivity contribution in [3.05, 3.63) is 35.9 Å². The normalized spacial score (nSPS) is 21.4. The highest BCUT2D eigenvalue weighted by Crippen LogP contribution is 2.33. The van der Waals surface area contributed by atoms with Crippen molar-refractivity contribution in [1.29, 1.82) is 5.26 Å². The Balaban J connectivity index is 1.57. The van der Waals surface area contributed by atoms with Crippen LogP contribution in [0.5, 0.6) is 0 Å². The molecule has 3 fully saturated rings. The zero-order chi connectivity index (χ0) is 39.8. The lowest BCUT2D eigenvalue weighted by Crippen LogP contribution is -2.61. The summed E-state index contributed by atoms with van der Waals surface area (Å²) < 4.78 is 0. The summed E-state index contributed by atoms with van der Waals surface area (Å²) >= 11 is 0. The third kappa shape index (κ3) is 12.1. The largest absolute Gasteiger partial charge is 0.352 e. The number of hydrogen-bond acceptors (Lipinski definition) is 10. The van der Waals surface area contributed by atoms with E-state index in [1.807, 2.05) is 36.4 Å². The Labute approximate surface area is 327 Å². The lowest BCUT2D eigenvalue weighted by Gasteiger charge is -2.35. The van der Waals surface area contributed by atoms with Gasteiger partial charge in [-0.3, -0.25) is 24.0 Å². The van der Waals surface area contributed by atoms with Crippen LogP contribution in [0.15, 0.2) is 30.3 Å². The molecule has 1 aromatic carbocycles. The lowest BCUT2D eigenvalue weighted by molar-refractivity contribution is -0.147. The molecule has 1 aliphatic heterocycles. The molecule has 304 valence electrons. The molecule has 55 heavy (non-hydrogen) atoms. The van der Waals surface area contributed by atoms with Gasteiger partial charge in [0.1, 0.15) is 6.04 Å². The summed E-state index contributed by atoms with van der Waals surface area (Å²) in [5.41, 5.74) is 17.3. The summed E-state index contributed by atoms with van der Waals surface area (Å²) in [6, 6.07) is 6.93. The smallest absolute Gasteiger partial charge is 0.245 e. The molecule has 0 aromatic heterocycles. The summed E-state index contributed by atoms with van der Waals surface area (Å²) in [4.78, 5) is 72.1. The molecule has 2 aliphatic carbocycles. The van der Waals surface area contributed by atoms with E-state index in [1.165, 1.54) is 11.3 Å². The summed E-state index contributed by atoms with van der Waals surface area (Å²) in [6.45, 7) is 0.0481. The van der Waals surface area contributed by atoms with Crippen molar-refractivity contribution < 1.29 is 24.0 Å². The molecule has 2 saturated carbocycles. The van der Waals surface area contributed by atoms with Gasteiger partial charge in [0.25, 0.3) is 0 Å². The predicted molar refractivity (Wildman–Crippen MR) is 212 cm³/mol. The molecule has 13 nitrogen and oxygen atoms in total. The van der Waals surface area contributed by atoms with Crippen LogP contribution in [0.2, 0.25) is 0 Å². The van der Waals surface area contributed by atoms with Crippen LogP contribution in [-0.4, -0.2) is 91.1 Å². The number of unbranched alkanes of at least 4 members (excludes halogenated alkanes) is 1. The third-order valence-corrected chi connectivity index (χ3v) is 12.2. The van der Waals surface area contributed by atoms with E-state index < -0.39 is 65.5 Å². The van der Waals surface area contributed by atoms with Crippen molar-refractivity contribution in [2.75, 3.05) is 26.7 Å². The Morgan fingerprint density at radius 3 is 2.04 bits per heavy atom. The van der Waals surface area contributed by atoms with Gasteiger partial charge in [0.15, 0.2) is 17.0 Å². The summed E-state index contributed by atoms with van der Waals surface area (Å²) in [5.74, 6) is -2.32. The number of hydrogen-bond donors (Lipinski definition) is 6. The van der Waals surface area contributed by atoms with Gasteiger partial charge in [-0.05, 0) is 82.4 Å². The Morgan fingerprint density at radius 2 is 1.45 bits per heavy atom. The van der Waals surface area contributed by atoms with Gasteiger partial charge in [0.2, 0.25) is 17.7 Å². The van der Waals surface area contributed by atoms with E-state index in [-0.39, 0.29) is 24.8 Å². The van der Waals surface area contributed by atoms with Gasteiger partial charge in [-0.2, -0.15) is 5.26 Å². The van der Waals surface area contributed by atoms with Crippen LogP contribution in [0, 0.1) is 28.6 Å². The second kappa shape index (κ2) is 22.1. The maximum absolute atomic E-state index is 14.8. The first-order valence-corrected chi connectivity index (χ1v) is 20.8. The Morgan fingerprint density at radius 1 is 0.836 bits per heavy atom. The van der Waals surface area contributed by atoms with E-state index >= 15 is 0 Å². The Bertz CT molecular complexity index is 1460. The fourth-order valence-corrected chi connectivity index (χ4v) is 8.88. The number of nitrogens with two attached hydrogens (primary N) is 3. The average molecular weight is 763 g/mol. The average Bonchev–Trinajstić information content (AvgIpc) is 3.70. The number of amides is 3. The molecule has 1 unspecified atom stereocenters. The van der Waals surface area contributed by atoms with Gasteiger partial charge in [-0.25, -0.2) is 0 Å². The summed E-state index contributed by atoms with van der Waals surface area (Å²) in [6.07, 6.45) is 13.8. The topological polar surface area (TPSA) is 227 Å². The van der Waals surface area contributed by atoms with Crippen molar-refractivity contribution >= 4 is 29.3 Å². The minimum absolute atomic E-state index is 0.198. The highest BCUT2D eigenvalue weighted by molar-refractivity contribution is 6.15. The van der Waals surface area contributed by atoms with Gasteiger partial charge in [-0.15, -0.1) is 0 Å². The first-order chi connectivity index (χ1) is 26.5. The minimum Gasteiger partial charge on any atom is -0.352 e. The molecule has 0 radical (unpaired) electrons. The van der Waals surface area contributed by atoms with Gasteiger partial charge < -0.3 is 38.1 Å². The quantitative estimate of drug-likeness (QED) is 0.0793. The van der Waals surface area contributed by atoms with Gasteiger partial charge in [-0.1, -0.05) is 94.5 Å². The van der Waals surface area contributed by atoms with Crippen LogP contribution < -0.4 is 33.2 Å². The Kier molecular flexibility index (Phi) is 17.7. The van der Waals surface area contributed by atoms with E-state index in [2.05, 4.69) is 16.0 Å². The van der Waals surface area contributed by atoms with Crippen LogP contribution in [0.1, 0.15) is 115 Å².